The van der Waals surface area contributed by atoms with E-state index >= 15 is 0 Å². The second-order valence-corrected chi connectivity index (χ2v) is 7.03. The number of aromatic nitrogens is 2. The summed E-state index contributed by atoms with van der Waals surface area (Å²) in [5, 5.41) is 0. The number of thiazole rings is 1. The summed E-state index contributed by atoms with van der Waals surface area (Å²) >= 11 is 1.56. The maximum atomic E-state index is 13.1. The first-order chi connectivity index (χ1) is 12.2. The number of fused-ring (bicyclic) bond motifs is 3. The molecule has 0 N–H and O–H groups in total. The fourth-order valence-corrected chi connectivity index (χ4v) is 4.23. The number of ether oxygens (including phenoxy) is 1. The van der Waals surface area contributed by atoms with Crippen LogP contribution < -0.4 is 10.5 Å². The lowest BCUT2D eigenvalue weighted by Crippen LogP contribution is -2.25. The zero-order chi connectivity index (χ0) is 17.4. The average molecular weight is 359 g/mol. The molecule has 0 aliphatic carbocycles. The highest BCUT2D eigenvalue weighted by molar-refractivity contribution is 7.17. The third-order valence-corrected chi connectivity index (χ3v) is 5.53. The Morgan fingerprint density at radius 1 is 1.36 bits per heavy atom. The highest BCUT2D eigenvalue weighted by Crippen LogP contribution is 2.25. The normalized spacial score (nSPS) is 13.8. The van der Waals surface area contributed by atoms with Gasteiger partial charge in [0.15, 0.2) is 4.96 Å². The van der Waals surface area contributed by atoms with Crippen LogP contribution in [0.1, 0.15) is 23.2 Å². The molecule has 0 fully saturated rings. The predicted molar refractivity (Wildman–Crippen MR) is 95.8 cm³/mol. The van der Waals surface area contributed by atoms with Gasteiger partial charge in [0.1, 0.15) is 5.82 Å². The van der Waals surface area contributed by atoms with Crippen LogP contribution in [0.15, 0.2) is 35.1 Å². The van der Waals surface area contributed by atoms with Crippen molar-refractivity contribution >= 4 is 22.0 Å². The highest BCUT2D eigenvalue weighted by atomic mass is 32.1. The van der Waals surface area contributed by atoms with E-state index in [1.807, 2.05) is 6.92 Å². The summed E-state index contributed by atoms with van der Waals surface area (Å²) in [7, 11) is 0. The molecule has 3 aromatic rings. The van der Waals surface area contributed by atoms with Crippen molar-refractivity contribution in [3.63, 3.8) is 0 Å². The van der Waals surface area contributed by atoms with Crippen LogP contribution in [0.4, 0.5) is 10.1 Å². The van der Waals surface area contributed by atoms with Crippen LogP contribution >= 0.6 is 11.3 Å². The molecule has 0 saturated carbocycles. The van der Waals surface area contributed by atoms with Crippen molar-refractivity contribution in [1.29, 1.82) is 0 Å². The number of rotatable bonds is 4. The Labute approximate surface area is 148 Å². The maximum absolute atomic E-state index is 13.1. The molecule has 130 valence electrons. The Balaban J connectivity index is 1.69. The monoisotopic (exact) mass is 359 g/mol. The van der Waals surface area contributed by atoms with Crippen molar-refractivity contribution in [2.75, 3.05) is 18.1 Å². The molecule has 0 radical (unpaired) electrons. The Morgan fingerprint density at radius 3 is 2.92 bits per heavy atom. The van der Waals surface area contributed by atoms with Gasteiger partial charge in [-0.2, -0.15) is 0 Å². The van der Waals surface area contributed by atoms with Crippen molar-refractivity contribution < 1.29 is 9.13 Å². The van der Waals surface area contributed by atoms with E-state index in [2.05, 4.69) is 9.88 Å². The molecule has 5 nitrogen and oxygen atoms in total. The molecule has 1 aromatic carbocycles. The number of hydrogen-bond donors (Lipinski definition) is 0. The number of anilines is 1. The molecule has 0 spiro atoms. The molecule has 0 atom stereocenters. The zero-order valence-electron chi connectivity index (χ0n) is 13.9. The van der Waals surface area contributed by atoms with Crippen molar-refractivity contribution in [2.24, 2.45) is 0 Å². The van der Waals surface area contributed by atoms with E-state index in [4.69, 9.17) is 4.74 Å². The van der Waals surface area contributed by atoms with E-state index in [1.165, 1.54) is 17.0 Å². The van der Waals surface area contributed by atoms with Gasteiger partial charge in [-0.1, -0.05) is 0 Å². The van der Waals surface area contributed by atoms with Gasteiger partial charge in [0.25, 0.3) is 5.56 Å². The van der Waals surface area contributed by atoms with E-state index in [9.17, 15) is 9.18 Å². The van der Waals surface area contributed by atoms with Gasteiger partial charge in [0.05, 0.1) is 31.1 Å². The quantitative estimate of drug-likeness (QED) is 0.718. The van der Waals surface area contributed by atoms with Gasteiger partial charge >= 0.3 is 0 Å². The minimum absolute atomic E-state index is 0.0711. The molecule has 0 bridgehead atoms. The lowest BCUT2D eigenvalue weighted by atomic mass is 10.2. The van der Waals surface area contributed by atoms with Gasteiger partial charge in [0, 0.05) is 29.6 Å². The van der Waals surface area contributed by atoms with Crippen molar-refractivity contribution in [2.45, 2.75) is 26.5 Å². The maximum Gasteiger partial charge on any atom is 0.259 e. The minimum Gasteiger partial charge on any atom is -0.375 e. The Kier molecular flexibility index (Phi) is 4.27. The molecule has 0 saturated heterocycles. The molecule has 25 heavy (non-hydrogen) atoms. The molecular weight excluding hydrogens is 341 g/mol. The van der Waals surface area contributed by atoms with Gasteiger partial charge in [-0.15, -0.1) is 11.3 Å². The van der Waals surface area contributed by atoms with E-state index in [0.29, 0.717) is 24.7 Å². The summed E-state index contributed by atoms with van der Waals surface area (Å²) in [4.78, 5) is 21.2. The van der Waals surface area contributed by atoms with Crippen LogP contribution in [-0.4, -0.2) is 22.5 Å². The first-order valence-electron chi connectivity index (χ1n) is 8.27. The number of benzene rings is 1. The molecule has 4 rings (SSSR count). The Hall–Kier alpha value is -2.25. The lowest BCUT2D eigenvalue weighted by Gasteiger charge is -2.22. The van der Waals surface area contributed by atoms with Crippen molar-refractivity contribution in [1.82, 2.24) is 9.38 Å². The SMILES string of the molecule is CCN(Cc1cc(=O)n2c3c(sc2n1)CCOC3)c1ccc(F)cc1. The van der Waals surface area contributed by atoms with Gasteiger partial charge < -0.3 is 9.64 Å². The highest BCUT2D eigenvalue weighted by Gasteiger charge is 2.19. The first kappa shape index (κ1) is 16.2. The third kappa shape index (κ3) is 3.05. The summed E-state index contributed by atoms with van der Waals surface area (Å²) < 4.78 is 20.3. The summed E-state index contributed by atoms with van der Waals surface area (Å²) in [5.74, 6) is -0.260. The largest absolute Gasteiger partial charge is 0.375 e. The third-order valence-electron chi connectivity index (χ3n) is 4.39. The topological polar surface area (TPSA) is 46.8 Å². The predicted octanol–water partition coefficient (Wildman–Crippen LogP) is 2.99. The molecule has 3 heterocycles. The molecule has 1 aliphatic rings. The van der Waals surface area contributed by atoms with Crippen LogP contribution in [-0.2, 0) is 24.3 Å². The van der Waals surface area contributed by atoms with Crippen LogP contribution in [0.25, 0.3) is 4.96 Å². The molecule has 2 aromatic heterocycles. The fourth-order valence-electron chi connectivity index (χ4n) is 3.11. The standard InChI is InChI=1S/C18H18FN3O2S/c1-2-21(14-5-3-12(19)4-6-14)10-13-9-17(23)22-15-11-24-8-7-16(15)25-18(22)20-13/h3-6,9H,2,7-8,10-11H2,1H3. The van der Waals surface area contributed by atoms with Crippen LogP contribution in [0.2, 0.25) is 0 Å². The summed E-state index contributed by atoms with van der Waals surface area (Å²) in [6, 6.07) is 7.95. The summed E-state index contributed by atoms with van der Waals surface area (Å²) in [6.45, 7) is 4.42. The van der Waals surface area contributed by atoms with Gasteiger partial charge in [-0.3, -0.25) is 9.20 Å². The average Bonchev–Trinajstić information content (AvgIpc) is 2.99. The number of hydrogen-bond acceptors (Lipinski definition) is 5. The zero-order valence-corrected chi connectivity index (χ0v) is 14.7. The molecule has 0 unspecified atom stereocenters. The van der Waals surface area contributed by atoms with Crippen LogP contribution in [0.3, 0.4) is 0 Å². The summed E-state index contributed by atoms with van der Waals surface area (Å²) in [5.41, 5.74) is 2.49. The van der Waals surface area contributed by atoms with Crippen molar-refractivity contribution in [3.8, 4) is 0 Å². The van der Waals surface area contributed by atoms with E-state index in [0.717, 1.165) is 30.0 Å². The Morgan fingerprint density at radius 2 is 2.16 bits per heavy atom. The Bertz CT molecular complexity index is 965. The van der Waals surface area contributed by atoms with Gasteiger partial charge in [-0.25, -0.2) is 9.37 Å². The molecular formula is C18H18FN3O2S. The van der Waals surface area contributed by atoms with Crippen molar-refractivity contribution in [3.05, 3.63) is 62.8 Å². The minimum atomic E-state index is -0.260. The first-order valence-corrected chi connectivity index (χ1v) is 9.09. The van der Waals surface area contributed by atoms with Gasteiger partial charge in [0.2, 0.25) is 0 Å². The number of nitrogens with zero attached hydrogens (tertiary/aromatic N) is 3. The van der Waals surface area contributed by atoms with E-state index < -0.39 is 0 Å². The molecule has 1 aliphatic heterocycles. The van der Waals surface area contributed by atoms with Crippen LogP contribution in [0, 0.1) is 5.82 Å². The second kappa shape index (κ2) is 6.57. The molecule has 0 amide bonds. The van der Waals surface area contributed by atoms with Crippen LogP contribution in [0.5, 0.6) is 0 Å². The van der Waals surface area contributed by atoms with E-state index in [1.54, 1.807) is 33.9 Å². The number of halogens is 1. The smallest absolute Gasteiger partial charge is 0.259 e. The van der Waals surface area contributed by atoms with Gasteiger partial charge in [-0.05, 0) is 31.2 Å². The van der Waals surface area contributed by atoms with E-state index in [-0.39, 0.29) is 11.4 Å². The second-order valence-electron chi connectivity index (χ2n) is 5.97. The lowest BCUT2D eigenvalue weighted by molar-refractivity contribution is 0.108. The summed E-state index contributed by atoms with van der Waals surface area (Å²) in [6.07, 6.45) is 0.828. The molecule has 7 heteroatoms. The fraction of sp³-hybridized carbons (Fsp3) is 0.333.